The van der Waals surface area contributed by atoms with Gasteiger partial charge in [0, 0.05) is 12.6 Å². The van der Waals surface area contributed by atoms with Crippen LogP contribution in [0, 0.1) is 0 Å². The molecule has 0 aliphatic carbocycles. The van der Waals surface area contributed by atoms with Gasteiger partial charge in [-0.3, -0.25) is 0 Å². The Balaban J connectivity index is 2.66. The minimum atomic E-state index is -1.08. The Labute approximate surface area is 96.3 Å². The number of aromatic nitrogens is 3. The number of hydrogen-bond donors (Lipinski definition) is 1. The van der Waals surface area contributed by atoms with Gasteiger partial charge in [-0.2, -0.15) is 0 Å². The second kappa shape index (κ2) is 3.94. The molecule has 1 N–H and O–H groups in total. The first-order valence-corrected chi connectivity index (χ1v) is 4.87. The van der Waals surface area contributed by atoms with Gasteiger partial charge in [-0.25, -0.2) is 9.48 Å². The van der Waals surface area contributed by atoms with Crippen molar-refractivity contribution in [3.8, 4) is 11.3 Å². The third kappa shape index (κ3) is 1.65. The van der Waals surface area contributed by atoms with E-state index in [1.54, 1.807) is 24.3 Å². The fourth-order valence-corrected chi connectivity index (χ4v) is 1.66. The van der Waals surface area contributed by atoms with Crippen LogP contribution in [0.15, 0.2) is 24.3 Å². The van der Waals surface area contributed by atoms with E-state index in [1.165, 1.54) is 11.7 Å². The van der Waals surface area contributed by atoms with Crippen LogP contribution in [0.3, 0.4) is 0 Å². The molecule has 2 aromatic rings. The van der Waals surface area contributed by atoms with E-state index in [9.17, 15) is 4.79 Å². The molecule has 0 aliphatic rings. The van der Waals surface area contributed by atoms with Crippen molar-refractivity contribution in [2.24, 2.45) is 7.05 Å². The normalized spacial score (nSPS) is 10.4. The SMILES string of the molecule is Cn1nnc(-c2ccccc2Cl)c1C(=O)O. The van der Waals surface area contributed by atoms with Crippen LogP contribution in [0.4, 0.5) is 0 Å². The van der Waals surface area contributed by atoms with Crippen LogP contribution in [-0.2, 0) is 7.05 Å². The molecular formula is C10H8ClN3O2. The maximum atomic E-state index is 11.0. The number of aryl methyl sites for hydroxylation is 1. The zero-order chi connectivity index (χ0) is 11.7. The zero-order valence-corrected chi connectivity index (χ0v) is 9.14. The summed E-state index contributed by atoms with van der Waals surface area (Å²) >= 11 is 5.97. The molecule has 0 atom stereocenters. The molecular weight excluding hydrogens is 230 g/mol. The predicted molar refractivity (Wildman–Crippen MR) is 58.4 cm³/mol. The zero-order valence-electron chi connectivity index (χ0n) is 8.38. The number of carboxylic acid groups (broad SMARTS) is 1. The minimum Gasteiger partial charge on any atom is -0.476 e. The van der Waals surface area contributed by atoms with Gasteiger partial charge in [-0.1, -0.05) is 35.0 Å². The summed E-state index contributed by atoms with van der Waals surface area (Å²) in [7, 11) is 1.52. The van der Waals surface area contributed by atoms with E-state index >= 15 is 0 Å². The summed E-state index contributed by atoms with van der Waals surface area (Å²) in [6.45, 7) is 0. The van der Waals surface area contributed by atoms with Gasteiger partial charge in [0.15, 0.2) is 5.69 Å². The van der Waals surface area contributed by atoms with E-state index in [-0.39, 0.29) is 11.4 Å². The summed E-state index contributed by atoms with van der Waals surface area (Å²) in [6, 6.07) is 6.92. The lowest BCUT2D eigenvalue weighted by atomic mass is 10.1. The fourth-order valence-electron chi connectivity index (χ4n) is 1.43. The lowest BCUT2D eigenvalue weighted by Gasteiger charge is -2.01. The lowest BCUT2D eigenvalue weighted by molar-refractivity contribution is 0.0686. The largest absolute Gasteiger partial charge is 0.476 e. The van der Waals surface area contributed by atoms with Crippen molar-refractivity contribution < 1.29 is 9.90 Å². The minimum absolute atomic E-state index is 0.0214. The van der Waals surface area contributed by atoms with Crippen molar-refractivity contribution in [2.75, 3.05) is 0 Å². The van der Waals surface area contributed by atoms with Crippen molar-refractivity contribution in [3.05, 3.63) is 35.0 Å². The highest BCUT2D eigenvalue weighted by Gasteiger charge is 2.20. The first-order chi connectivity index (χ1) is 7.61. The van der Waals surface area contributed by atoms with Gasteiger partial charge in [0.25, 0.3) is 0 Å². The second-order valence-electron chi connectivity index (χ2n) is 3.20. The molecule has 0 aliphatic heterocycles. The molecule has 82 valence electrons. The Bertz CT molecular complexity index is 551. The Morgan fingerprint density at radius 2 is 2.12 bits per heavy atom. The van der Waals surface area contributed by atoms with Gasteiger partial charge in [-0.15, -0.1) is 5.10 Å². The van der Waals surface area contributed by atoms with E-state index in [2.05, 4.69) is 10.3 Å². The van der Waals surface area contributed by atoms with Crippen molar-refractivity contribution in [3.63, 3.8) is 0 Å². The number of halogens is 1. The van der Waals surface area contributed by atoms with Gasteiger partial charge in [0.05, 0.1) is 5.02 Å². The standard InChI is InChI=1S/C10H8ClN3O2/c1-14-9(10(15)16)8(12-13-14)6-4-2-3-5-7(6)11/h2-5H,1H3,(H,15,16). The highest BCUT2D eigenvalue weighted by Crippen LogP contribution is 2.28. The molecule has 0 saturated carbocycles. The number of hydrogen-bond acceptors (Lipinski definition) is 3. The summed E-state index contributed by atoms with van der Waals surface area (Å²) in [5, 5.41) is 17.0. The molecule has 0 radical (unpaired) electrons. The van der Waals surface area contributed by atoms with Crippen molar-refractivity contribution in [2.45, 2.75) is 0 Å². The van der Waals surface area contributed by atoms with Crippen LogP contribution in [0.2, 0.25) is 5.02 Å². The fraction of sp³-hybridized carbons (Fsp3) is 0.100. The number of benzene rings is 1. The summed E-state index contributed by atoms with van der Waals surface area (Å²) < 4.78 is 1.21. The van der Waals surface area contributed by atoms with Crippen LogP contribution >= 0.6 is 11.6 Å². The molecule has 2 rings (SSSR count). The average Bonchev–Trinajstić information content (AvgIpc) is 2.61. The molecule has 0 fully saturated rings. The van der Waals surface area contributed by atoms with Crippen LogP contribution in [-0.4, -0.2) is 26.1 Å². The molecule has 0 spiro atoms. The van der Waals surface area contributed by atoms with E-state index in [4.69, 9.17) is 16.7 Å². The molecule has 6 heteroatoms. The topological polar surface area (TPSA) is 68.0 Å². The molecule has 5 nitrogen and oxygen atoms in total. The van der Waals surface area contributed by atoms with Gasteiger partial charge in [0.1, 0.15) is 5.69 Å². The van der Waals surface area contributed by atoms with Crippen LogP contribution < -0.4 is 0 Å². The van der Waals surface area contributed by atoms with Crippen LogP contribution in [0.1, 0.15) is 10.5 Å². The summed E-state index contributed by atoms with van der Waals surface area (Å²) in [6.07, 6.45) is 0. The Morgan fingerprint density at radius 3 is 2.75 bits per heavy atom. The van der Waals surface area contributed by atoms with E-state index < -0.39 is 5.97 Å². The van der Waals surface area contributed by atoms with Crippen LogP contribution in [0.25, 0.3) is 11.3 Å². The Kier molecular flexibility index (Phi) is 2.62. The van der Waals surface area contributed by atoms with E-state index in [1.807, 2.05) is 0 Å². The highest BCUT2D eigenvalue weighted by atomic mass is 35.5. The number of nitrogens with zero attached hydrogens (tertiary/aromatic N) is 3. The Morgan fingerprint density at radius 1 is 1.44 bits per heavy atom. The molecule has 1 aromatic heterocycles. The summed E-state index contributed by atoms with van der Waals surface area (Å²) in [5.74, 6) is -1.08. The quantitative estimate of drug-likeness (QED) is 0.865. The first-order valence-electron chi connectivity index (χ1n) is 4.49. The summed E-state index contributed by atoms with van der Waals surface area (Å²) in [4.78, 5) is 11.0. The molecule has 1 aromatic carbocycles. The number of aromatic carboxylic acids is 1. The number of carbonyl (C=O) groups is 1. The molecule has 1 heterocycles. The van der Waals surface area contributed by atoms with Crippen molar-refractivity contribution in [1.29, 1.82) is 0 Å². The molecule has 0 unspecified atom stereocenters. The maximum Gasteiger partial charge on any atom is 0.356 e. The van der Waals surface area contributed by atoms with Crippen molar-refractivity contribution in [1.82, 2.24) is 15.0 Å². The van der Waals surface area contributed by atoms with Crippen LogP contribution in [0.5, 0.6) is 0 Å². The number of rotatable bonds is 2. The van der Waals surface area contributed by atoms with Gasteiger partial charge in [0.2, 0.25) is 0 Å². The second-order valence-corrected chi connectivity index (χ2v) is 3.60. The monoisotopic (exact) mass is 237 g/mol. The average molecular weight is 238 g/mol. The van der Waals surface area contributed by atoms with Gasteiger partial charge < -0.3 is 5.11 Å². The predicted octanol–water partition coefficient (Wildman–Crippen LogP) is 1.83. The summed E-state index contributed by atoms with van der Waals surface area (Å²) in [5.41, 5.74) is 0.864. The van der Waals surface area contributed by atoms with Gasteiger partial charge >= 0.3 is 5.97 Å². The smallest absolute Gasteiger partial charge is 0.356 e. The lowest BCUT2D eigenvalue weighted by Crippen LogP contribution is -2.06. The molecule has 0 bridgehead atoms. The van der Waals surface area contributed by atoms with Crippen molar-refractivity contribution >= 4 is 17.6 Å². The Hall–Kier alpha value is -1.88. The van der Waals surface area contributed by atoms with Gasteiger partial charge in [-0.05, 0) is 6.07 Å². The third-order valence-electron chi connectivity index (χ3n) is 2.16. The number of carboxylic acids is 1. The molecule has 0 saturated heterocycles. The highest BCUT2D eigenvalue weighted by molar-refractivity contribution is 6.33. The van der Waals surface area contributed by atoms with E-state index in [0.717, 1.165) is 0 Å². The third-order valence-corrected chi connectivity index (χ3v) is 2.49. The molecule has 16 heavy (non-hydrogen) atoms. The molecule has 0 amide bonds. The first kappa shape index (κ1) is 10.6. The maximum absolute atomic E-state index is 11.0. The van der Waals surface area contributed by atoms with E-state index in [0.29, 0.717) is 10.6 Å².